The van der Waals surface area contributed by atoms with Crippen molar-refractivity contribution in [2.45, 2.75) is 6.92 Å². The third-order valence-electron chi connectivity index (χ3n) is 4.05. The molecule has 0 bridgehead atoms. The standard InChI is InChI=1S/C19H12N2O5/c1-11-15(16(20-25-11)12-7-3-2-4-8-12)19(24)26-21-17(22)13-9-5-6-10-14(13)18(21)23/h2-10H,1H3. The summed E-state index contributed by atoms with van der Waals surface area (Å²) in [6.45, 7) is 1.55. The van der Waals surface area contributed by atoms with Crippen LogP contribution in [0.2, 0.25) is 0 Å². The number of aryl methyl sites for hydroxylation is 1. The monoisotopic (exact) mass is 348 g/mol. The third kappa shape index (κ3) is 2.37. The fourth-order valence-electron chi connectivity index (χ4n) is 2.78. The Morgan fingerprint density at radius 1 is 0.962 bits per heavy atom. The first kappa shape index (κ1) is 15.8. The molecule has 1 aromatic heterocycles. The summed E-state index contributed by atoms with van der Waals surface area (Å²) in [7, 11) is 0. The number of amides is 2. The zero-order valence-corrected chi connectivity index (χ0v) is 13.6. The molecule has 0 saturated carbocycles. The minimum Gasteiger partial charge on any atom is -0.360 e. The predicted octanol–water partition coefficient (Wildman–Crippen LogP) is 3.02. The lowest BCUT2D eigenvalue weighted by Gasteiger charge is -2.12. The number of hydrogen-bond donors (Lipinski definition) is 0. The van der Waals surface area contributed by atoms with Crippen LogP contribution < -0.4 is 0 Å². The smallest absolute Gasteiger partial charge is 0.360 e. The summed E-state index contributed by atoms with van der Waals surface area (Å²) in [4.78, 5) is 42.4. The number of fused-ring (bicyclic) bond motifs is 1. The highest BCUT2D eigenvalue weighted by atomic mass is 16.7. The van der Waals surface area contributed by atoms with E-state index in [1.54, 1.807) is 43.3 Å². The van der Waals surface area contributed by atoms with Crippen molar-refractivity contribution in [3.8, 4) is 11.3 Å². The molecular formula is C19H12N2O5. The lowest BCUT2D eigenvalue weighted by atomic mass is 10.1. The number of benzene rings is 2. The molecule has 0 fully saturated rings. The molecule has 4 rings (SSSR count). The van der Waals surface area contributed by atoms with E-state index in [1.807, 2.05) is 6.07 Å². The van der Waals surface area contributed by atoms with Gasteiger partial charge in [0.05, 0.1) is 11.1 Å². The van der Waals surface area contributed by atoms with E-state index < -0.39 is 17.8 Å². The van der Waals surface area contributed by atoms with E-state index in [0.29, 0.717) is 10.6 Å². The van der Waals surface area contributed by atoms with Gasteiger partial charge in [-0.15, -0.1) is 0 Å². The number of nitrogens with zero attached hydrogens (tertiary/aromatic N) is 2. The Morgan fingerprint density at radius 3 is 2.15 bits per heavy atom. The van der Waals surface area contributed by atoms with E-state index in [0.717, 1.165) is 0 Å². The average Bonchev–Trinajstić information content (AvgIpc) is 3.16. The molecule has 26 heavy (non-hydrogen) atoms. The number of imide groups is 1. The van der Waals surface area contributed by atoms with Gasteiger partial charge in [0, 0.05) is 5.56 Å². The second-order valence-electron chi connectivity index (χ2n) is 5.66. The van der Waals surface area contributed by atoms with E-state index >= 15 is 0 Å². The van der Waals surface area contributed by atoms with Gasteiger partial charge in [0.1, 0.15) is 17.0 Å². The van der Waals surface area contributed by atoms with Crippen molar-refractivity contribution >= 4 is 17.8 Å². The Hall–Kier alpha value is -3.74. The molecule has 0 saturated heterocycles. The lowest BCUT2D eigenvalue weighted by molar-refractivity contribution is -0.0585. The molecule has 2 heterocycles. The summed E-state index contributed by atoms with van der Waals surface area (Å²) in [6, 6.07) is 15.2. The molecule has 7 heteroatoms. The number of aromatic nitrogens is 1. The van der Waals surface area contributed by atoms with Gasteiger partial charge in [0.15, 0.2) is 0 Å². The van der Waals surface area contributed by atoms with Gasteiger partial charge >= 0.3 is 5.97 Å². The second kappa shape index (κ2) is 5.96. The van der Waals surface area contributed by atoms with Gasteiger partial charge in [-0.25, -0.2) is 4.79 Å². The van der Waals surface area contributed by atoms with Crippen molar-refractivity contribution in [2.75, 3.05) is 0 Å². The molecule has 0 aliphatic carbocycles. The molecule has 7 nitrogen and oxygen atoms in total. The molecule has 0 radical (unpaired) electrons. The van der Waals surface area contributed by atoms with E-state index in [-0.39, 0.29) is 28.1 Å². The number of carbonyl (C=O) groups excluding carboxylic acids is 3. The molecule has 1 aliphatic heterocycles. The topological polar surface area (TPSA) is 89.7 Å². The van der Waals surface area contributed by atoms with Crippen LogP contribution in [0, 0.1) is 6.92 Å². The molecule has 2 aromatic carbocycles. The summed E-state index contributed by atoms with van der Waals surface area (Å²) >= 11 is 0. The molecular weight excluding hydrogens is 336 g/mol. The van der Waals surface area contributed by atoms with Crippen LogP contribution >= 0.6 is 0 Å². The molecule has 128 valence electrons. The highest BCUT2D eigenvalue weighted by Gasteiger charge is 2.39. The maximum atomic E-state index is 12.7. The number of hydroxylamine groups is 2. The Morgan fingerprint density at radius 2 is 1.54 bits per heavy atom. The summed E-state index contributed by atoms with van der Waals surface area (Å²) in [5.74, 6) is -2.04. The molecule has 2 amide bonds. The van der Waals surface area contributed by atoms with Crippen molar-refractivity contribution < 1.29 is 23.7 Å². The minimum atomic E-state index is -0.892. The van der Waals surface area contributed by atoms with Crippen molar-refractivity contribution in [1.82, 2.24) is 10.2 Å². The zero-order valence-electron chi connectivity index (χ0n) is 13.6. The van der Waals surface area contributed by atoms with Crippen molar-refractivity contribution in [3.05, 3.63) is 77.0 Å². The van der Waals surface area contributed by atoms with Gasteiger partial charge < -0.3 is 9.36 Å². The maximum absolute atomic E-state index is 12.7. The number of carbonyl (C=O) groups is 3. The van der Waals surface area contributed by atoms with Crippen molar-refractivity contribution in [2.24, 2.45) is 0 Å². The second-order valence-corrected chi connectivity index (χ2v) is 5.66. The van der Waals surface area contributed by atoms with Crippen molar-refractivity contribution in [3.63, 3.8) is 0 Å². The molecule has 1 aliphatic rings. The molecule has 0 unspecified atom stereocenters. The third-order valence-corrected chi connectivity index (χ3v) is 4.05. The quantitative estimate of drug-likeness (QED) is 0.676. The number of hydrogen-bond acceptors (Lipinski definition) is 6. The normalized spacial score (nSPS) is 13.0. The molecule has 0 atom stereocenters. The lowest BCUT2D eigenvalue weighted by Crippen LogP contribution is -2.32. The number of rotatable bonds is 3. The van der Waals surface area contributed by atoms with Gasteiger partial charge in [-0.05, 0) is 19.1 Å². The van der Waals surface area contributed by atoms with Crippen LogP contribution in [0.25, 0.3) is 11.3 Å². The molecule has 0 spiro atoms. The predicted molar refractivity (Wildman–Crippen MR) is 89.0 cm³/mol. The van der Waals surface area contributed by atoms with Crippen LogP contribution in [0.4, 0.5) is 0 Å². The van der Waals surface area contributed by atoms with Crippen LogP contribution in [-0.4, -0.2) is 28.0 Å². The van der Waals surface area contributed by atoms with Gasteiger partial charge in [-0.1, -0.05) is 52.7 Å². The Kier molecular flexibility index (Phi) is 3.62. The fraction of sp³-hybridized carbons (Fsp3) is 0.0526. The van der Waals surface area contributed by atoms with Crippen LogP contribution in [0.5, 0.6) is 0 Å². The Labute approximate surface area is 147 Å². The fourth-order valence-corrected chi connectivity index (χ4v) is 2.78. The first-order valence-corrected chi connectivity index (χ1v) is 7.79. The average molecular weight is 348 g/mol. The van der Waals surface area contributed by atoms with Crippen LogP contribution in [0.15, 0.2) is 59.1 Å². The van der Waals surface area contributed by atoms with Gasteiger partial charge in [-0.2, -0.15) is 0 Å². The van der Waals surface area contributed by atoms with E-state index in [9.17, 15) is 14.4 Å². The molecule has 0 N–H and O–H groups in total. The largest absolute Gasteiger partial charge is 0.369 e. The first-order valence-electron chi connectivity index (χ1n) is 7.79. The van der Waals surface area contributed by atoms with Gasteiger partial charge in [0.25, 0.3) is 11.8 Å². The van der Waals surface area contributed by atoms with Crippen LogP contribution in [0.1, 0.15) is 36.8 Å². The Balaban J connectivity index is 1.66. The maximum Gasteiger partial charge on any atom is 0.369 e. The highest BCUT2D eigenvalue weighted by molar-refractivity contribution is 6.21. The first-order chi connectivity index (χ1) is 12.6. The van der Waals surface area contributed by atoms with E-state index in [1.165, 1.54) is 12.1 Å². The zero-order chi connectivity index (χ0) is 18.3. The summed E-state index contributed by atoms with van der Waals surface area (Å²) in [5, 5.41) is 4.36. The SMILES string of the molecule is Cc1onc(-c2ccccc2)c1C(=O)ON1C(=O)c2ccccc2C1=O. The van der Waals surface area contributed by atoms with E-state index in [4.69, 9.17) is 9.36 Å². The Bertz CT molecular complexity index is 1000. The van der Waals surface area contributed by atoms with Crippen LogP contribution in [0.3, 0.4) is 0 Å². The summed E-state index contributed by atoms with van der Waals surface area (Å²) in [5.41, 5.74) is 1.38. The molecule has 3 aromatic rings. The van der Waals surface area contributed by atoms with E-state index in [2.05, 4.69) is 5.16 Å². The minimum absolute atomic E-state index is 0.0627. The summed E-state index contributed by atoms with van der Waals surface area (Å²) in [6.07, 6.45) is 0. The summed E-state index contributed by atoms with van der Waals surface area (Å²) < 4.78 is 5.11. The van der Waals surface area contributed by atoms with Crippen LogP contribution in [-0.2, 0) is 4.84 Å². The highest BCUT2D eigenvalue weighted by Crippen LogP contribution is 2.28. The van der Waals surface area contributed by atoms with Gasteiger partial charge in [-0.3, -0.25) is 9.59 Å². The van der Waals surface area contributed by atoms with Crippen molar-refractivity contribution in [1.29, 1.82) is 0 Å². The van der Waals surface area contributed by atoms with Gasteiger partial charge in [0.2, 0.25) is 0 Å².